The van der Waals surface area contributed by atoms with Crippen molar-refractivity contribution < 1.29 is 95.3 Å². The molecule has 0 N–H and O–H groups in total. The average molecular weight is 1330 g/mol. The second-order valence-electron chi connectivity index (χ2n) is 21.8. The van der Waals surface area contributed by atoms with E-state index in [1.807, 2.05) is 6.92 Å². The molecule has 20 nitrogen and oxygen atoms in total. The first-order valence-electron chi connectivity index (χ1n) is 31.2. The zero-order valence-electron chi connectivity index (χ0n) is 54.0. The van der Waals surface area contributed by atoms with Crippen molar-refractivity contribution in [3.63, 3.8) is 0 Å². The summed E-state index contributed by atoms with van der Waals surface area (Å²) in [6, 6.07) is 45.6. The zero-order valence-corrected chi connectivity index (χ0v) is 54.0. The van der Waals surface area contributed by atoms with E-state index in [0.717, 1.165) is 23.8 Å². The summed E-state index contributed by atoms with van der Waals surface area (Å²) >= 11 is 0. The molecule has 502 valence electrons. The van der Waals surface area contributed by atoms with E-state index in [4.69, 9.17) is 52.1 Å². The molecular weight excluding hydrogens is 1260 g/mol. The first-order valence-corrected chi connectivity index (χ1v) is 31.2. The third-order valence-corrected chi connectivity index (χ3v) is 14.5. The van der Waals surface area contributed by atoms with Crippen molar-refractivity contribution >= 4 is 53.5 Å². The molecule has 0 atom stereocenters. The van der Waals surface area contributed by atoms with Crippen LogP contribution in [-0.2, 0) is 41.4 Å². The Morgan fingerprint density at radius 2 is 0.714 bits per heavy atom. The van der Waals surface area contributed by atoms with E-state index in [0.29, 0.717) is 90.4 Å². The molecule has 0 unspecified atom stereocenters. The minimum atomic E-state index is -0.769. The Kier molecular flexibility index (Phi) is 26.7. The maximum absolute atomic E-state index is 14.4. The van der Waals surface area contributed by atoms with Gasteiger partial charge in [-0.15, -0.1) is 0 Å². The van der Waals surface area contributed by atoms with Crippen LogP contribution < -0.4 is 37.9 Å². The molecule has 0 aliphatic heterocycles. The van der Waals surface area contributed by atoms with Crippen molar-refractivity contribution in [2.45, 2.75) is 58.8 Å². The van der Waals surface area contributed by atoms with Crippen molar-refractivity contribution in [3.8, 4) is 46.0 Å². The van der Waals surface area contributed by atoms with Gasteiger partial charge in [0, 0.05) is 43.1 Å². The van der Waals surface area contributed by atoms with Crippen LogP contribution in [-0.4, -0.2) is 93.2 Å². The lowest BCUT2D eigenvalue weighted by atomic mass is 9.97. The average Bonchev–Trinajstić information content (AvgIpc) is 0.811. The fourth-order valence-electron chi connectivity index (χ4n) is 9.33. The highest BCUT2D eigenvalue weighted by atomic mass is 16.6. The second kappa shape index (κ2) is 36.5. The number of rotatable bonds is 35. The van der Waals surface area contributed by atoms with E-state index in [-0.39, 0.29) is 102 Å². The van der Waals surface area contributed by atoms with Crippen LogP contribution in [0.15, 0.2) is 214 Å². The highest BCUT2D eigenvalue weighted by molar-refractivity contribution is 5.98. The highest BCUT2D eigenvalue weighted by Crippen LogP contribution is 2.31. The molecule has 0 aliphatic carbocycles. The lowest BCUT2D eigenvalue weighted by Gasteiger charge is -2.16. The third kappa shape index (κ3) is 22.2. The van der Waals surface area contributed by atoms with E-state index in [9.17, 15) is 43.2 Å². The zero-order chi connectivity index (χ0) is 69.8. The quantitative estimate of drug-likeness (QED) is 0.00893. The predicted octanol–water partition coefficient (Wildman–Crippen LogP) is 13.7. The number of ether oxygens (including phenoxy) is 11. The van der Waals surface area contributed by atoms with E-state index in [1.54, 1.807) is 116 Å². The smallest absolute Gasteiger partial charge is 0.343 e. The van der Waals surface area contributed by atoms with Gasteiger partial charge in [0.2, 0.25) is 0 Å². The van der Waals surface area contributed by atoms with Crippen molar-refractivity contribution in [3.05, 3.63) is 275 Å². The molecule has 0 spiro atoms. The standard InChI is InChI=1S/C78H70O20/c1-6-71(80)91-42-11-9-40-88-61-26-18-55(19-27-61)74(83)94-64-32-16-54(17-33-64)68(79)48-53-15-39-69(52(5)47-53)97-78(87)67-37-36-66(96-76(85)57-22-28-62(29-23-57)89-41-10-12-43-92-72(81)7-2)50-59(67)49-60-46-51(4)14-38-70(60)98-77(86)58-24-34-65(35-25-58)95-75(84)56-20-30-63(31-21-56)90-44-13-45-93-73(82)8-3/h6-8,14-39,46-47,50H,1-3,9-13,40-45,48-49H2,4-5H3. The Hall–Kier alpha value is -12.2. The summed E-state index contributed by atoms with van der Waals surface area (Å²) < 4.78 is 61.1. The lowest BCUT2D eigenvalue weighted by Crippen LogP contribution is -2.15. The van der Waals surface area contributed by atoms with Crippen LogP contribution in [0.2, 0.25) is 0 Å². The van der Waals surface area contributed by atoms with Crippen LogP contribution in [0, 0.1) is 13.8 Å². The fraction of sp³-hybridized carbons (Fsp3) is 0.192. The lowest BCUT2D eigenvalue weighted by molar-refractivity contribution is -0.138. The SMILES string of the molecule is C=CC(=O)OCCCCOc1ccc(C(=O)Oc2ccc(C(=O)Cc3ccc(OC(=O)c4ccc(OC(=O)c5ccc(OCCCCOC(=O)C=C)cc5)cc4Cc4cc(C)ccc4OC(=O)c4ccc(OC(=O)c5ccc(OCCCOC(=O)C=C)cc5)cc4)c(C)c3)cc2)cc1. The molecule has 0 bridgehead atoms. The van der Waals surface area contributed by atoms with Gasteiger partial charge in [0.25, 0.3) is 0 Å². The van der Waals surface area contributed by atoms with E-state index < -0.39 is 47.8 Å². The number of carbonyl (C=O) groups excluding carboxylic acids is 9. The maximum Gasteiger partial charge on any atom is 0.343 e. The first kappa shape index (κ1) is 71.7. The summed E-state index contributed by atoms with van der Waals surface area (Å²) in [6.45, 7) is 15.3. The minimum absolute atomic E-state index is 0.00842. The Morgan fingerprint density at radius 3 is 1.17 bits per heavy atom. The van der Waals surface area contributed by atoms with Crippen molar-refractivity contribution in [2.75, 3.05) is 39.6 Å². The van der Waals surface area contributed by atoms with Crippen LogP contribution in [0.25, 0.3) is 0 Å². The van der Waals surface area contributed by atoms with Gasteiger partial charge in [-0.3, -0.25) is 4.79 Å². The number of Topliss-reactive ketones (excluding diaryl/α,β-unsaturated/α-hetero) is 1. The Labute approximate surface area is 565 Å². The summed E-state index contributed by atoms with van der Waals surface area (Å²) in [6.07, 6.45) is 6.14. The van der Waals surface area contributed by atoms with E-state index in [2.05, 4.69) is 19.7 Å². The van der Waals surface area contributed by atoms with Gasteiger partial charge >= 0.3 is 47.8 Å². The Morgan fingerprint density at radius 1 is 0.337 bits per heavy atom. The summed E-state index contributed by atoms with van der Waals surface area (Å²) in [5.41, 5.74) is 4.08. The molecule has 0 aliphatic rings. The number of carbonyl (C=O) groups is 9. The topological polar surface area (TPSA) is 255 Å². The van der Waals surface area contributed by atoms with E-state index >= 15 is 0 Å². The van der Waals surface area contributed by atoms with Crippen molar-refractivity contribution in [2.24, 2.45) is 0 Å². The van der Waals surface area contributed by atoms with Gasteiger partial charge in [0.05, 0.1) is 67.5 Å². The number of aryl methyl sites for hydroxylation is 2. The number of ketones is 1. The second-order valence-corrected chi connectivity index (χ2v) is 21.8. The minimum Gasteiger partial charge on any atom is -0.494 e. The summed E-state index contributed by atoms with van der Waals surface area (Å²) in [7, 11) is 0. The predicted molar refractivity (Wildman–Crippen MR) is 360 cm³/mol. The molecule has 20 heteroatoms. The first-order chi connectivity index (χ1) is 47.4. The van der Waals surface area contributed by atoms with Gasteiger partial charge in [-0.05, 0) is 213 Å². The van der Waals surface area contributed by atoms with Crippen LogP contribution in [0.1, 0.15) is 122 Å². The van der Waals surface area contributed by atoms with Crippen LogP contribution >= 0.6 is 0 Å². The number of esters is 8. The highest BCUT2D eigenvalue weighted by Gasteiger charge is 2.22. The molecular formula is C78H70O20. The number of benzene rings is 8. The Bertz CT molecular complexity index is 4170. The van der Waals surface area contributed by atoms with Gasteiger partial charge in [0.1, 0.15) is 46.0 Å². The molecule has 8 rings (SSSR count). The third-order valence-electron chi connectivity index (χ3n) is 14.5. The van der Waals surface area contributed by atoms with Gasteiger partial charge < -0.3 is 52.1 Å². The summed E-state index contributed by atoms with van der Waals surface area (Å²) in [4.78, 5) is 115. The van der Waals surface area contributed by atoms with Gasteiger partial charge in [0.15, 0.2) is 5.78 Å². The maximum atomic E-state index is 14.4. The monoisotopic (exact) mass is 1330 g/mol. The summed E-state index contributed by atoms with van der Waals surface area (Å²) in [5.74, 6) is -2.84. The van der Waals surface area contributed by atoms with Crippen LogP contribution in [0.3, 0.4) is 0 Å². The summed E-state index contributed by atoms with van der Waals surface area (Å²) in [5, 5.41) is 0. The molecule has 0 heterocycles. The van der Waals surface area contributed by atoms with Crippen molar-refractivity contribution in [1.29, 1.82) is 0 Å². The molecule has 0 radical (unpaired) electrons. The molecule has 0 saturated heterocycles. The Balaban J connectivity index is 0.914. The van der Waals surface area contributed by atoms with E-state index in [1.165, 1.54) is 66.7 Å². The number of hydrogen-bond donors (Lipinski definition) is 0. The van der Waals surface area contributed by atoms with Gasteiger partial charge in [-0.1, -0.05) is 49.6 Å². The molecule has 0 amide bonds. The number of unbranched alkanes of at least 4 members (excludes halogenated alkanes) is 2. The van der Waals surface area contributed by atoms with Crippen LogP contribution in [0.5, 0.6) is 46.0 Å². The molecule has 8 aromatic carbocycles. The molecule has 98 heavy (non-hydrogen) atoms. The van der Waals surface area contributed by atoms with Crippen molar-refractivity contribution in [1.82, 2.24) is 0 Å². The van der Waals surface area contributed by atoms with Crippen LogP contribution in [0.4, 0.5) is 0 Å². The largest absolute Gasteiger partial charge is 0.494 e. The molecule has 8 aromatic rings. The molecule has 0 aromatic heterocycles. The fourth-order valence-corrected chi connectivity index (χ4v) is 9.33. The normalized spacial score (nSPS) is 10.6. The molecule has 0 fully saturated rings. The molecule has 0 saturated carbocycles. The number of hydrogen-bond acceptors (Lipinski definition) is 20. The van der Waals surface area contributed by atoms with Gasteiger partial charge in [-0.2, -0.15) is 0 Å². The van der Waals surface area contributed by atoms with Gasteiger partial charge in [-0.25, -0.2) is 38.4 Å².